The molecule has 1 aromatic heterocycles. The van der Waals surface area contributed by atoms with Gasteiger partial charge in [0.15, 0.2) is 0 Å². The van der Waals surface area contributed by atoms with Crippen LogP contribution in [-0.2, 0) is 0 Å². The molecule has 0 spiro atoms. The van der Waals surface area contributed by atoms with Gasteiger partial charge in [-0.25, -0.2) is 4.98 Å². The van der Waals surface area contributed by atoms with Gasteiger partial charge in [0.05, 0.1) is 19.4 Å². The van der Waals surface area contributed by atoms with Crippen LogP contribution >= 0.6 is 11.3 Å². The van der Waals surface area contributed by atoms with E-state index in [9.17, 15) is 0 Å². The van der Waals surface area contributed by atoms with Gasteiger partial charge in [-0.1, -0.05) is 17.4 Å². The van der Waals surface area contributed by atoms with E-state index in [1.54, 1.807) is 7.11 Å². The molecule has 0 unspecified atom stereocenters. The van der Waals surface area contributed by atoms with E-state index in [4.69, 9.17) is 9.47 Å². The third kappa shape index (κ3) is 2.58. The molecule has 0 aliphatic carbocycles. The largest absolute Gasteiger partial charge is 0.497 e. The molecule has 3 nitrogen and oxygen atoms in total. The number of hydrogen-bond donors (Lipinski definition) is 0. The van der Waals surface area contributed by atoms with Crippen molar-refractivity contribution < 1.29 is 9.47 Å². The average Bonchev–Trinajstić information content (AvgIpc) is 2.79. The molecule has 1 aromatic carbocycles. The highest BCUT2D eigenvalue weighted by Crippen LogP contribution is 2.31. The van der Waals surface area contributed by atoms with Gasteiger partial charge in [-0.05, 0) is 31.5 Å². The summed E-state index contributed by atoms with van der Waals surface area (Å²) in [6, 6.07) is 5.99. The molecule has 4 heteroatoms. The molecule has 2 aromatic rings. The zero-order valence-electron chi connectivity index (χ0n) is 10.2. The highest BCUT2D eigenvalue weighted by Gasteiger charge is 2.08. The average molecular weight is 249 g/mol. The molecule has 0 fully saturated rings. The van der Waals surface area contributed by atoms with Crippen LogP contribution in [0, 0.1) is 6.92 Å². The Kier molecular flexibility index (Phi) is 3.64. The van der Waals surface area contributed by atoms with Crippen LogP contribution in [0.1, 0.15) is 12.5 Å². The quantitative estimate of drug-likeness (QED) is 0.830. The van der Waals surface area contributed by atoms with Crippen molar-refractivity contribution in [3.63, 3.8) is 0 Å². The number of hydrogen-bond acceptors (Lipinski definition) is 4. The van der Waals surface area contributed by atoms with Crippen molar-refractivity contribution in [2.45, 2.75) is 13.8 Å². The van der Waals surface area contributed by atoms with Crippen molar-refractivity contribution in [1.82, 2.24) is 4.98 Å². The van der Waals surface area contributed by atoms with Gasteiger partial charge in [0.25, 0.3) is 5.19 Å². The fourth-order valence-electron chi connectivity index (χ4n) is 1.57. The Balaban J connectivity index is 2.37. The zero-order valence-corrected chi connectivity index (χ0v) is 11.0. The fraction of sp³-hybridized carbons (Fsp3) is 0.308. The van der Waals surface area contributed by atoms with Crippen LogP contribution < -0.4 is 9.47 Å². The summed E-state index contributed by atoms with van der Waals surface area (Å²) in [5, 5.41) is 2.72. The Morgan fingerprint density at radius 2 is 2.18 bits per heavy atom. The summed E-state index contributed by atoms with van der Waals surface area (Å²) in [7, 11) is 1.67. The molecule has 0 saturated carbocycles. The third-order valence-electron chi connectivity index (χ3n) is 2.47. The zero-order chi connectivity index (χ0) is 12.3. The van der Waals surface area contributed by atoms with Gasteiger partial charge in [0.1, 0.15) is 5.75 Å². The minimum Gasteiger partial charge on any atom is -0.497 e. The number of thiazole rings is 1. The van der Waals surface area contributed by atoms with Gasteiger partial charge in [0.2, 0.25) is 0 Å². The maximum absolute atomic E-state index is 5.38. The van der Waals surface area contributed by atoms with E-state index in [2.05, 4.69) is 11.9 Å². The first kappa shape index (κ1) is 11.9. The van der Waals surface area contributed by atoms with Crippen LogP contribution in [0.5, 0.6) is 10.9 Å². The van der Waals surface area contributed by atoms with Crippen LogP contribution in [-0.4, -0.2) is 18.7 Å². The smallest absolute Gasteiger partial charge is 0.273 e. The van der Waals surface area contributed by atoms with Crippen LogP contribution in [0.3, 0.4) is 0 Å². The van der Waals surface area contributed by atoms with Crippen molar-refractivity contribution in [3.05, 3.63) is 29.1 Å². The molecule has 0 amide bonds. The van der Waals surface area contributed by atoms with Crippen molar-refractivity contribution >= 4 is 11.3 Å². The number of rotatable bonds is 4. The van der Waals surface area contributed by atoms with E-state index in [1.807, 2.05) is 30.5 Å². The lowest BCUT2D eigenvalue weighted by Crippen LogP contribution is -1.91. The van der Waals surface area contributed by atoms with Crippen LogP contribution in [0.2, 0.25) is 0 Å². The molecule has 0 aliphatic heterocycles. The normalized spacial score (nSPS) is 10.3. The van der Waals surface area contributed by atoms with Gasteiger partial charge < -0.3 is 9.47 Å². The Labute approximate surface area is 105 Å². The lowest BCUT2D eigenvalue weighted by molar-refractivity contribution is 0.338. The van der Waals surface area contributed by atoms with E-state index < -0.39 is 0 Å². The summed E-state index contributed by atoms with van der Waals surface area (Å²) in [6.07, 6.45) is 0. The number of nitrogens with zero attached hydrogens (tertiary/aromatic N) is 1. The molecule has 90 valence electrons. The fourth-order valence-corrected chi connectivity index (χ4v) is 2.30. The molecular formula is C13H15NO2S. The van der Waals surface area contributed by atoms with Crippen LogP contribution in [0.4, 0.5) is 0 Å². The number of benzene rings is 1. The Morgan fingerprint density at radius 1 is 1.35 bits per heavy atom. The molecule has 0 atom stereocenters. The summed E-state index contributed by atoms with van der Waals surface area (Å²) >= 11 is 1.52. The summed E-state index contributed by atoms with van der Waals surface area (Å²) < 4.78 is 10.6. The minimum atomic E-state index is 0.643. The monoisotopic (exact) mass is 249 g/mol. The van der Waals surface area contributed by atoms with E-state index >= 15 is 0 Å². The highest BCUT2D eigenvalue weighted by atomic mass is 32.1. The van der Waals surface area contributed by atoms with Gasteiger partial charge >= 0.3 is 0 Å². The molecular weight excluding hydrogens is 234 g/mol. The van der Waals surface area contributed by atoms with Gasteiger partial charge in [-0.2, -0.15) is 0 Å². The van der Waals surface area contributed by atoms with E-state index in [0.717, 1.165) is 17.0 Å². The van der Waals surface area contributed by atoms with Gasteiger partial charge in [-0.15, -0.1) is 0 Å². The molecule has 1 heterocycles. The lowest BCUT2D eigenvalue weighted by Gasteiger charge is -2.05. The Bertz CT molecular complexity index is 508. The summed E-state index contributed by atoms with van der Waals surface area (Å²) in [6.45, 7) is 4.66. The number of methoxy groups -OCH3 is 1. The molecule has 0 aliphatic rings. The predicted octanol–water partition coefficient (Wildman–Crippen LogP) is 3.53. The highest BCUT2D eigenvalue weighted by molar-refractivity contribution is 7.11. The number of aromatic nitrogens is 1. The molecule has 2 rings (SSSR count). The molecule has 0 saturated heterocycles. The summed E-state index contributed by atoms with van der Waals surface area (Å²) in [5.41, 5.74) is 3.21. The number of aryl methyl sites for hydroxylation is 1. The third-order valence-corrected chi connectivity index (χ3v) is 3.22. The molecule has 0 radical (unpaired) electrons. The first-order chi connectivity index (χ1) is 8.24. The molecule has 0 bridgehead atoms. The van der Waals surface area contributed by atoms with Crippen LogP contribution in [0.15, 0.2) is 23.6 Å². The second kappa shape index (κ2) is 5.19. The number of ether oxygens (including phenoxy) is 2. The summed E-state index contributed by atoms with van der Waals surface area (Å²) in [5.74, 6) is 0.844. The first-order valence-corrected chi connectivity index (χ1v) is 6.36. The van der Waals surface area contributed by atoms with E-state index in [1.165, 1.54) is 16.9 Å². The van der Waals surface area contributed by atoms with Gasteiger partial charge in [0, 0.05) is 10.9 Å². The van der Waals surface area contributed by atoms with Gasteiger partial charge in [-0.3, -0.25) is 0 Å². The van der Waals surface area contributed by atoms with Crippen molar-refractivity contribution in [2.24, 2.45) is 0 Å². The van der Waals surface area contributed by atoms with Crippen molar-refractivity contribution in [3.8, 4) is 22.2 Å². The standard InChI is InChI=1S/C13H15NO2S/c1-4-16-13-14-12(8-17-13)11-7-10(15-3)6-5-9(11)2/h5-8H,4H2,1-3H3. The SMILES string of the molecule is CCOc1nc(-c2cc(OC)ccc2C)cs1. The first-order valence-electron chi connectivity index (χ1n) is 5.48. The molecule has 0 N–H and O–H groups in total. The lowest BCUT2D eigenvalue weighted by atomic mass is 10.1. The van der Waals surface area contributed by atoms with Crippen molar-refractivity contribution in [2.75, 3.05) is 13.7 Å². The summed E-state index contributed by atoms with van der Waals surface area (Å²) in [4.78, 5) is 4.45. The van der Waals surface area contributed by atoms with E-state index in [-0.39, 0.29) is 0 Å². The topological polar surface area (TPSA) is 31.4 Å². The Morgan fingerprint density at radius 3 is 2.88 bits per heavy atom. The molecule has 17 heavy (non-hydrogen) atoms. The predicted molar refractivity (Wildman–Crippen MR) is 70.0 cm³/mol. The van der Waals surface area contributed by atoms with Crippen molar-refractivity contribution in [1.29, 1.82) is 0 Å². The van der Waals surface area contributed by atoms with E-state index in [0.29, 0.717) is 11.8 Å². The maximum Gasteiger partial charge on any atom is 0.273 e. The second-order valence-corrected chi connectivity index (χ2v) is 4.43. The minimum absolute atomic E-state index is 0.643. The Hall–Kier alpha value is -1.55. The van der Waals surface area contributed by atoms with Crippen LogP contribution in [0.25, 0.3) is 11.3 Å². The maximum atomic E-state index is 5.38. The second-order valence-electron chi connectivity index (χ2n) is 3.61.